The highest BCUT2D eigenvalue weighted by atomic mass is 19.1. The van der Waals surface area contributed by atoms with E-state index in [2.05, 4.69) is 12.2 Å². The molecule has 0 aromatic heterocycles. The molecule has 2 aliphatic rings. The van der Waals surface area contributed by atoms with Crippen LogP contribution in [0.1, 0.15) is 31.4 Å². The normalized spacial score (nSPS) is 35.1. The first-order chi connectivity index (χ1) is 8.61. The van der Waals surface area contributed by atoms with Gasteiger partial charge in [-0.1, -0.05) is 6.92 Å². The first kappa shape index (κ1) is 11.9. The lowest BCUT2D eigenvalue weighted by Gasteiger charge is -2.47. The molecule has 1 aromatic rings. The van der Waals surface area contributed by atoms with Crippen molar-refractivity contribution >= 4 is 0 Å². The standard InChI is InChI=1S/C14H18FNO2/c1-9-8-16-5-4-14(9)7-12(17)11-6-10(15)2-3-13(11)18-14/h2-3,6,9,12,16-17H,4-5,7-8H2,1H3. The number of hydrogen-bond donors (Lipinski definition) is 2. The molecule has 0 aliphatic carbocycles. The van der Waals surface area contributed by atoms with E-state index in [1.54, 1.807) is 6.07 Å². The van der Waals surface area contributed by atoms with Crippen molar-refractivity contribution in [2.75, 3.05) is 13.1 Å². The molecule has 3 atom stereocenters. The van der Waals surface area contributed by atoms with Crippen LogP contribution in [0.25, 0.3) is 0 Å². The number of rotatable bonds is 0. The Hall–Kier alpha value is -1.13. The molecule has 2 N–H and O–H groups in total. The number of benzene rings is 1. The predicted molar refractivity (Wildman–Crippen MR) is 66.0 cm³/mol. The van der Waals surface area contributed by atoms with Crippen molar-refractivity contribution in [3.8, 4) is 5.75 Å². The number of nitrogens with one attached hydrogen (secondary N) is 1. The van der Waals surface area contributed by atoms with Crippen LogP contribution in [-0.2, 0) is 0 Å². The minimum absolute atomic E-state index is 0.310. The van der Waals surface area contributed by atoms with E-state index in [0.29, 0.717) is 23.7 Å². The SMILES string of the molecule is CC1CNCCC12CC(O)c1cc(F)ccc1O2. The van der Waals surface area contributed by atoms with Gasteiger partial charge in [0, 0.05) is 24.4 Å². The molecule has 3 rings (SSSR count). The molecule has 1 fully saturated rings. The fourth-order valence-electron chi connectivity index (χ4n) is 3.08. The highest BCUT2D eigenvalue weighted by Crippen LogP contribution is 2.45. The topological polar surface area (TPSA) is 41.5 Å². The van der Waals surface area contributed by atoms with Gasteiger partial charge in [-0.3, -0.25) is 0 Å². The van der Waals surface area contributed by atoms with Gasteiger partial charge in [0.25, 0.3) is 0 Å². The molecular weight excluding hydrogens is 233 g/mol. The number of fused-ring (bicyclic) bond motifs is 1. The van der Waals surface area contributed by atoms with Crippen LogP contribution in [0.5, 0.6) is 5.75 Å². The maximum absolute atomic E-state index is 13.2. The van der Waals surface area contributed by atoms with E-state index in [9.17, 15) is 9.50 Å². The molecule has 0 bridgehead atoms. The molecule has 1 saturated heterocycles. The van der Waals surface area contributed by atoms with Crippen LogP contribution in [0.4, 0.5) is 4.39 Å². The van der Waals surface area contributed by atoms with Crippen LogP contribution in [0.15, 0.2) is 18.2 Å². The second-order valence-corrected chi connectivity index (χ2v) is 5.42. The fraction of sp³-hybridized carbons (Fsp3) is 0.571. The number of aliphatic hydroxyl groups is 1. The smallest absolute Gasteiger partial charge is 0.126 e. The van der Waals surface area contributed by atoms with Gasteiger partial charge in [0.2, 0.25) is 0 Å². The third-order valence-electron chi connectivity index (χ3n) is 4.26. The Labute approximate surface area is 106 Å². The summed E-state index contributed by atoms with van der Waals surface area (Å²) in [6, 6.07) is 4.39. The van der Waals surface area contributed by atoms with Crippen molar-refractivity contribution in [2.45, 2.75) is 31.5 Å². The monoisotopic (exact) mass is 251 g/mol. The minimum Gasteiger partial charge on any atom is -0.486 e. The Morgan fingerprint density at radius 3 is 3.11 bits per heavy atom. The first-order valence-corrected chi connectivity index (χ1v) is 6.48. The summed E-state index contributed by atoms with van der Waals surface area (Å²) < 4.78 is 19.3. The number of piperidine rings is 1. The van der Waals surface area contributed by atoms with E-state index >= 15 is 0 Å². The first-order valence-electron chi connectivity index (χ1n) is 6.48. The summed E-state index contributed by atoms with van der Waals surface area (Å²) in [4.78, 5) is 0. The van der Waals surface area contributed by atoms with E-state index < -0.39 is 6.10 Å². The fourth-order valence-corrected chi connectivity index (χ4v) is 3.08. The molecule has 2 heterocycles. The Morgan fingerprint density at radius 1 is 1.50 bits per heavy atom. The molecule has 1 spiro atoms. The van der Waals surface area contributed by atoms with Gasteiger partial charge in [-0.05, 0) is 31.2 Å². The number of ether oxygens (including phenoxy) is 1. The lowest BCUT2D eigenvalue weighted by Crippen LogP contribution is -2.55. The van der Waals surface area contributed by atoms with Gasteiger partial charge in [-0.15, -0.1) is 0 Å². The maximum Gasteiger partial charge on any atom is 0.126 e. The number of aliphatic hydroxyl groups excluding tert-OH is 1. The van der Waals surface area contributed by atoms with Gasteiger partial charge in [0.05, 0.1) is 6.10 Å². The summed E-state index contributed by atoms with van der Waals surface area (Å²) in [7, 11) is 0. The van der Waals surface area contributed by atoms with Crippen molar-refractivity contribution in [3.63, 3.8) is 0 Å². The van der Waals surface area contributed by atoms with Crippen LogP contribution in [0.2, 0.25) is 0 Å². The van der Waals surface area contributed by atoms with Gasteiger partial charge >= 0.3 is 0 Å². The highest BCUT2D eigenvalue weighted by molar-refractivity contribution is 5.38. The summed E-state index contributed by atoms with van der Waals surface area (Å²) in [5, 5.41) is 13.6. The van der Waals surface area contributed by atoms with Crippen LogP contribution < -0.4 is 10.1 Å². The van der Waals surface area contributed by atoms with Gasteiger partial charge in [-0.2, -0.15) is 0 Å². The Kier molecular flexibility index (Phi) is 2.79. The number of halogens is 1. The number of hydrogen-bond acceptors (Lipinski definition) is 3. The van der Waals surface area contributed by atoms with Crippen molar-refractivity contribution < 1.29 is 14.2 Å². The van der Waals surface area contributed by atoms with Crippen LogP contribution in [0, 0.1) is 11.7 Å². The van der Waals surface area contributed by atoms with Gasteiger partial charge in [0.1, 0.15) is 17.2 Å². The molecule has 0 saturated carbocycles. The zero-order chi connectivity index (χ0) is 12.8. The summed E-state index contributed by atoms with van der Waals surface area (Å²) >= 11 is 0. The highest BCUT2D eigenvalue weighted by Gasteiger charge is 2.45. The largest absolute Gasteiger partial charge is 0.486 e. The molecule has 3 nitrogen and oxygen atoms in total. The lowest BCUT2D eigenvalue weighted by atomic mass is 9.76. The van der Waals surface area contributed by atoms with Crippen molar-refractivity contribution in [3.05, 3.63) is 29.6 Å². The molecule has 98 valence electrons. The Bertz CT molecular complexity index is 465. The summed E-state index contributed by atoms with van der Waals surface area (Å²) in [5.74, 6) is 0.633. The second-order valence-electron chi connectivity index (χ2n) is 5.42. The molecule has 1 aromatic carbocycles. The molecule has 18 heavy (non-hydrogen) atoms. The summed E-state index contributed by atoms with van der Waals surface area (Å²) in [6.45, 7) is 3.92. The van der Waals surface area contributed by atoms with Crippen molar-refractivity contribution in [1.29, 1.82) is 0 Å². The van der Waals surface area contributed by atoms with E-state index in [4.69, 9.17) is 4.74 Å². The van der Waals surface area contributed by atoms with Crippen LogP contribution in [-0.4, -0.2) is 23.8 Å². The van der Waals surface area contributed by atoms with Crippen molar-refractivity contribution in [2.24, 2.45) is 5.92 Å². The van der Waals surface area contributed by atoms with E-state index in [1.807, 2.05) is 0 Å². The third kappa shape index (κ3) is 1.80. The quantitative estimate of drug-likeness (QED) is 0.741. The molecule has 0 amide bonds. The molecule has 3 unspecified atom stereocenters. The average Bonchev–Trinajstić information content (AvgIpc) is 2.34. The van der Waals surface area contributed by atoms with E-state index in [0.717, 1.165) is 19.5 Å². The van der Waals surface area contributed by atoms with Crippen LogP contribution >= 0.6 is 0 Å². The third-order valence-corrected chi connectivity index (χ3v) is 4.26. The Balaban J connectivity index is 1.98. The van der Waals surface area contributed by atoms with Gasteiger partial charge in [-0.25, -0.2) is 4.39 Å². The zero-order valence-corrected chi connectivity index (χ0v) is 10.4. The molecule has 2 aliphatic heterocycles. The van der Waals surface area contributed by atoms with Crippen molar-refractivity contribution in [1.82, 2.24) is 5.32 Å². The predicted octanol–water partition coefficient (Wildman–Crippen LogP) is 2.01. The molecular formula is C14H18FNO2. The lowest BCUT2D eigenvalue weighted by molar-refractivity contribution is -0.0661. The van der Waals surface area contributed by atoms with Crippen LogP contribution in [0.3, 0.4) is 0 Å². The minimum atomic E-state index is -0.634. The molecule has 0 radical (unpaired) electrons. The average molecular weight is 251 g/mol. The summed E-state index contributed by atoms with van der Waals surface area (Å²) in [6.07, 6.45) is 0.791. The zero-order valence-electron chi connectivity index (χ0n) is 10.4. The maximum atomic E-state index is 13.2. The summed E-state index contributed by atoms with van der Waals surface area (Å²) in [5.41, 5.74) is 0.265. The van der Waals surface area contributed by atoms with Gasteiger partial charge < -0.3 is 15.2 Å². The molecule has 4 heteroatoms. The van der Waals surface area contributed by atoms with E-state index in [-0.39, 0.29) is 11.4 Å². The Morgan fingerprint density at radius 2 is 2.33 bits per heavy atom. The van der Waals surface area contributed by atoms with E-state index in [1.165, 1.54) is 12.1 Å². The van der Waals surface area contributed by atoms with Gasteiger partial charge in [0.15, 0.2) is 0 Å². The second kappa shape index (κ2) is 4.21.